The summed E-state index contributed by atoms with van der Waals surface area (Å²) in [6.07, 6.45) is 2.47. The van der Waals surface area contributed by atoms with Crippen molar-refractivity contribution < 1.29 is 0 Å². The molecule has 17 heavy (non-hydrogen) atoms. The SMILES string of the molecule is CCNC(Cc1cc(C)nn1C)C1CCSC1. The van der Waals surface area contributed by atoms with Crippen molar-refractivity contribution in [3.8, 4) is 0 Å². The summed E-state index contributed by atoms with van der Waals surface area (Å²) in [5, 5.41) is 8.09. The second-order valence-corrected chi connectivity index (χ2v) is 6.04. The fraction of sp³-hybridized carbons (Fsp3) is 0.769. The largest absolute Gasteiger partial charge is 0.314 e. The molecule has 1 fully saturated rings. The summed E-state index contributed by atoms with van der Waals surface area (Å²) in [6, 6.07) is 2.83. The number of hydrogen-bond acceptors (Lipinski definition) is 3. The number of aromatic nitrogens is 2. The van der Waals surface area contributed by atoms with Crippen LogP contribution in [0.15, 0.2) is 6.07 Å². The second kappa shape index (κ2) is 5.91. The first-order chi connectivity index (χ1) is 8.20. The summed E-state index contributed by atoms with van der Waals surface area (Å²) in [5.74, 6) is 3.47. The van der Waals surface area contributed by atoms with Crippen LogP contribution in [0.5, 0.6) is 0 Å². The van der Waals surface area contributed by atoms with Crippen LogP contribution in [-0.4, -0.2) is 33.9 Å². The minimum absolute atomic E-state index is 0.616. The van der Waals surface area contributed by atoms with Gasteiger partial charge in [-0.1, -0.05) is 6.92 Å². The number of nitrogens with one attached hydrogen (secondary N) is 1. The molecule has 1 saturated heterocycles. The highest BCUT2D eigenvalue weighted by Crippen LogP contribution is 2.27. The quantitative estimate of drug-likeness (QED) is 0.870. The van der Waals surface area contributed by atoms with E-state index in [-0.39, 0.29) is 0 Å². The topological polar surface area (TPSA) is 29.9 Å². The van der Waals surface area contributed by atoms with Gasteiger partial charge in [-0.05, 0) is 43.4 Å². The predicted molar refractivity (Wildman–Crippen MR) is 74.5 cm³/mol. The molecule has 96 valence electrons. The Kier molecular flexibility index (Phi) is 4.51. The van der Waals surface area contributed by atoms with E-state index in [1.807, 2.05) is 4.68 Å². The standard InChI is InChI=1S/C13H23N3S/c1-4-14-13(11-5-6-17-9-11)8-12-7-10(2)15-16(12)3/h7,11,13-14H,4-6,8-9H2,1-3H3. The predicted octanol–water partition coefficient (Wildman–Crippen LogP) is 2.00. The highest BCUT2D eigenvalue weighted by Gasteiger charge is 2.25. The van der Waals surface area contributed by atoms with E-state index in [1.54, 1.807) is 0 Å². The van der Waals surface area contributed by atoms with Crippen molar-refractivity contribution in [2.75, 3.05) is 18.1 Å². The van der Waals surface area contributed by atoms with Gasteiger partial charge in [-0.2, -0.15) is 16.9 Å². The van der Waals surface area contributed by atoms with Gasteiger partial charge in [-0.25, -0.2) is 0 Å². The lowest BCUT2D eigenvalue weighted by atomic mass is 9.95. The van der Waals surface area contributed by atoms with Crippen molar-refractivity contribution in [1.29, 1.82) is 0 Å². The summed E-state index contributed by atoms with van der Waals surface area (Å²) in [4.78, 5) is 0. The molecule has 1 aliphatic rings. The molecule has 2 unspecified atom stereocenters. The molecular weight excluding hydrogens is 230 g/mol. The number of rotatable bonds is 5. The number of likely N-dealkylation sites (N-methyl/N-ethyl adjacent to an activating group) is 1. The Morgan fingerprint density at radius 2 is 2.47 bits per heavy atom. The highest BCUT2D eigenvalue weighted by molar-refractivity contribution is 7.99. The molecule has 2 atom stereocenters. The molecule has 0 saturated carbocycles. The number of hydrogen-bond donors (Lipinski definition) is 1. The normalized spacial score (nSPS) is 21.9. The number of aryl methyl sites for hydroxylation is 2. The summed E-state index contributed by atoms with van der Waals surface area (Å²) >= 11 is 2.09. The lowest BCUT2D eigenvalue weighted by Gasteiger charge is -2.23. The van der Waals surface area contributed by atoms with E-state index in [0.717, 1.165) is 24.6 Å². The first kappa shape index (κ1) is 13.0. The summed E-state index contributed by atoms with van der Waals surface area (Å²) < 4.78 is 2.03. The van der Waals surface area contributed by atoms with Gasteiger partial charge in [-0.3, -0.25) is 4.68 Å². The van der Waals surface area contributed by atoms with Crippen molar-refractivity contribution in [3.63, 3.8) is 0 Å². The van der Waals surface area contributed by atoms with Crippen LogP contribution in [0.2, 0.25) is 0 Å². The molecule has 0 spiro atoms. The van der Waals surface area contributed by atoms with Crippen LogP contribution < -0.4 is 5.32 Å². The molecule has 1 N–H and O–H groups in total. The van der Waals surface area contributed by atoms with E-state index < -0.39 is 0 Å². The maximum Gasteiger partial charge on any atom is 0.0596 e. The van der Waals surface area contributed by atoms with Crippen LogP contribution in [0, 0.1) is 12.8 Å². The van der Waals surface area contributed by atoms with Gasteiger partial charge in [0.1, 0.15) is 0 Å². The van der Waals surface area contributed by atoms with Crippen molar-refractivity contribution in [2.45, 2.75) is 32.7 Å². The summed E-state index contributed by atoms with van der Waals surface area (Å²) in [7, 11) is 2.05. The molecule has 0 radical (unpaired) electrons. The molecule has 3 nitrogen and oxygen atoms in total. The van der Waals surface area contributed by atoms with Gasteiger partial charge in [0.2, 0.25) is 0 Å². The van der Waals surface area contributed by atoms with Crippen LogP contribution in [0.3, 0.4) is 0 Å². The minimum Gasteiger partial charge on any atom is -0.314 e. The number of thioether (sulfide) groups is 1. The van der Waals surface area contributed by atoms with Gasteiger partial charge in [0.05, 0.1) is 5.69 Å². The van der Waals surface area contributed by atoms with E-state index in [1.165, 1.54) is 23.6 Å². The molecule has 1 aromatic heterocycles. The van der Waals surface area contributed by atoms with Crippen molar-refractivity contribution in [3.05, 3.63) is 17.5 Å². The first-order valence-corrected chi connectivity index (χ1v) is 7.66. The van der Waals surface area contributed by atoms with Gasteiger partial charge in [-0.15, -0.1) is 0 Å². The van der Waals surface area contributed by atoms with E-state index in [4.69, 9.17) is 0 Å². The smallest absolute Gasteiger partial charge is 0.0596 e. The highest BCUT2D eigenvalue weighted by atomic mass is 32.2. The van der Waals surface area contributed by atoms with Crippen LogP contribution in [0.4, 0.5) is 0 Å². The van der Waals surface area contributed by atoms with Gasteiger partial charge in [0.15, 0.2) is 0 Å². The fourth-order valence-corrected chi connectivity index (χ4v) is 3.96. The zero-order valence-corrected chi connectivity index (χ0v) is 11.9. The molecule has 0 aliphatic carbocycles. The van der Waals surface area contributed by atoms with Crippen molar-refractivity contribution in [2.24, 2.45) is 13.0 Å². The Labute approximate surface area is 108 Å². The Balaban J connectivity index is 2.03. The maximum absolute atomic E-state index is 4.43. The fourth-order valence-electron chi connectivity index (χ4n) is 2.62. The lowest BCUT2D eigenvalue weighted by molar-refractivity contribution is 0.380. The second-order valence-electron chi connectivity index (χ2n) is 4.89. The molecule has 1 aliphatic heterocycles. The van der Waals surface area contributed by atoms with E-state index in [0.29, 0.717) is 6.04 Å². The molecule has 0 amide bonds. The summed E-state index contributed by atoms with van der Waals surface area (Å²) in [5.41, 5.74) is 2.48. The zero-order chi connectivity index (χ0) is 12.3. The average molecular weight is 253 g/mol. The number of nitrogens with zero attached hydrogens (tertiary/aromatic N) is 2. The molecule has 1 aromatic rings. The van der Waals surface area contributed by atoms with Crippen LogP contribution in [-0.2, 0) is 13.5 Å². The molecule has 2 heterocycles. The molecule has 4 heteroatoms. The van der Waals surface area contributed by atoms with Gasteiger partial charge < -0.3 is 5.32 Å². The Morgan fingerprint density at radius 1 is 1.65 bits per heavy atom. The summed E-state index contributed by atoms with van der Waals surface area (Å²) in [6.45, 7) is 5.32. The molecular formula is C13H23N3S. The molecule has 2 rings (SSSR count). The average Bonchev–Trinajstić information content (AvgIpc) is 2.88. The van der Waals surface area contributed by atoms with E-state index in [9.17, 15) is 0 Å². The van der Waals surface area contributed by atoms with Crippen LogP contribution in [0.25, 0.3) is 0 Å². The van der Waals surface area contributed by atoms with Crippen molar-refractivity contribution >= 4 is 11.8 Å². The lowest BCUT2D eigenvalue weighted by Crippen LogP contribution is -2.38. The first-order valence-electron chi connectivity index (χ1n) is 6.51. The van der Waals surface area contributed by atoms with E-state index >= 15 is 0 Å². The third-order valence-electron chi connectivity index (χ3n) is 3.53. The van der Waals surface area contributed by atoms with Gasteiger partial charge in [0.25, 0.3) is 0 Å². The van der Waals surface area contributed by atoms with E-state index in [2.05, 4.69) is 49.1 Å². The minimum atomic E-state index is 0.616. The van der Waals surface area contributed by atoms with Crippen LogP contribution >= 0.6 is 11.8 Å². The zero-order valence-electron chi connectivity index (χ0n) is 11.1. The Hall–Kier alpha value is -0.480. The Morgan fingerprint density at radius 3 is 3.00 bits per heavy atom. The monoisotopic (exact) mass is 253 g/mol. The van der Waals surface area contributed by atoms with Crippen molar-refractivity contribution in [1.82, 2.24) is 15.1 Å². The molecule has 0 aromatic carbocycles. The van der Waals surface area contributed by atoms with Crippen LogP contribution in [0.1, 0.15) is 24.7 Å². The van der Waals surface area contributed by atoms with Gasteiger partial charge >= 0.3 is 0 Å². The molecule has 0 bridgehead atoms. The Bertz CT molecular complexity index is 356. The third-order valence-corrected chi connectivity index (χ3v) is 4.72. The third kappa shape index (κ3) is 3.26. The van der Waals surface area contributed by atoms with Gasteiger partial charge in [0, 0.05) is 25.2 Å². The maximum atomic E-state index is 4.43.